The zero-order chi connectivity index (χ0) is 18.6. The number of hydrogen-bond acceptors (Lipinski definition) is 6. The van der Waals surface area contributed by atoms with Gasteiger partial charge in [0.25, 0.3) is 0 Å². The minimum Gasteiger partial charge on any atom is -0.486 e. The third-order valence-electron chi connectivity index (χ3n) is 3.77. The molecule has 1 aliphatic heterocycles. The minimum absolute atomic E-state index is 0.0961. The Balaban J connectivity index is 1.52. The van der Waals surface area contributed by atoms with Gasteiger partial charge in [-0.15, -0.1) is 0 Å². The van der Waals surface area contributed by atoms with Crippen LogP contribution < -0.4 is 20.1 Å². The normalized spacial score (nSPS) is 15.0. The van der Waals surface area contributed by atoms with E-state index in [9.17, 15) is 14.7 Å². The summed E-state index contributed by atoms with van der Waals surface area (Å²) in [7, 11) is 0. The van der Waals surface area contributed by atoms with Crippen molar-refractivity contribution in [2.75, 3.05) is 25.1 Å². The number of carbonyl (C=O) groups excluding carboxylic acids is 2. The average molecular weight is 360 g/mol. The molecule has 0 saturated heterocycles. The SMILES string of the molecule is C[C@](O)(CNC(=O)C(=O)Nc1ccc2c(c1)OCCO2)Cc1ccco1. The highest BCUT2D eigenvalue weighted by Gasteiger charge is 2.25. The predicted molar refractivity (Wildman–Crippen MR) is 92.1 cm³/mol. The highest BCUT2D eigenvalue weighted by atomic mass is 16.6. The largest absolute Gasteiger partial charge is 0.486 e. The summed E-state index contributed by atoms with van der Waals surface area (Å²) in [5, 5.41) is 15.2. The lowest BCUT2D eigenvalue weighted by Crippen LogP contribution is -2.45. The van der Waals surface area contributed by atoms with Crippen molar-refractivity contribution in [1.82, 2.24) is 5.32 Å². The number of anilines is 1. The fourth-order valence-corrected chi connectivity index (χ4v) is 2.51. The van der Waals surface area contributed by atoms with Crippen molar-refractivity contribution in [2.24, 2.45) is 0 Å². The van der Waals surface area contributed by atoms with E-state index in [4.69, 9.17) is 13.9 Å². The topological polar surface area (TPSA) is 110 Å². The summed E-state index contributed by atoms with van der Waals surface area (Å²) in [6.45, 7) is 2.35. The summed E-state index contributed by atoms with van der Waals surface area (Å²) in [6, 6.07) is 8.31. The fraction of sp³-hybridized carbons (Fsp3) is 0.333. The Bertz CT molecular complexity index is 785. The maximum Gasteiger partial charge on any atom is 0.313 e. The molecule has 0 saturated carbocycles. The number of fused-ring (bicyclic) bond motifs is 1. The molecular formula is C18H20N2O6. The molecular weight excluding hydrogens is 340 g/mol. The maximum atomic E-state index is 12.0. The average Bonchev–Trinajstić information content (AvgIpc) is 3.11. The van der Waals surface area contributed by atoms with Gasteiger partial charge in [0.05, 0.1) is 11.9 Å². The fourth-order valence-electron chi connectivity index (χ4n) is 2.51. The molecule has 8 nitrogen and oxygen atoms in total. The number of carbonyl (C=O) groups is 2. The van der Waals surface area contributed by atoms with E-state index >= 15 is 0 Å². The minimum atomic E-state index is -1.25. The third-order valence-corrected chi connectivity index (χ3v) is 3.77. The van der Waals surface area contributed by atoms with Gasteiger partial charge in [0.1, 0.15) is 19.0 Å². The lowest BCUT2D eigenvalue weighted by atomic mass is 10.0. The second-order valence-corrected chi connectivity index (χ2v) is 6.25. The summed E-state index contributed by atoms with van der Waals surface area (Å²) < 4.78 is 16.0. The number of benzene rings is 1. The second-order valence-electron chi connectivity index (χ2n) is 6.25. The van der Waals surface area contributed by atoms with E-state index in [1.165, 1.54) is 6.26 Å². The third kappa shape index (κ3) is 4.54. The zero-order valence-corrected chi connectivity index (χ0v) is 14.3. The molecule has 1 aromatic heterocycles. The first-order valence-corrected chi connectivity index (χ1v) is 8.16. The van der Waals surface area contributed by atoms with Gasteiger partial charge in [-0.25, -0.2) is 0 Å². The highest BCUT2D eigenvalue weighted by molar-refractivity contribution is 6.39. The molecule has 1 atom stereocenters. The van der Waals surface area contributed by atoms with Gasteiger partial charge in [0.15, 0.2) is 11.5 Å². The van der Waals surface area contributed by atoms with Crippen LogP contribution in [-0.2, 0) is 16.0 Å². The van der Waals surface area contributed by atoms with Crippen molar-refractivity contribution in [1.29, 1.82) is 0 Å². The van der Waals surface area contributed by atoms with E-state index in [2.05, 4.69) is 10.6 Å². The molecule has 138 valence electrons. The first-order valence-electron chi connectivity index (χ1n) is 8.16. The molecule has 3 rings (SSSR count). The van der Waals surface area contributed by atoms with Crippen LogP contribution in [0.1, 0.15) is 12.7 Å². The van der Waals surface area contributed by atoms with E-state index < -0.39 is 17.4 Å². The van der Waals surface area contributed by atoms with Crippen molar-refractivity contribution < 1.29 is 28.6 Å². The van der Waals surface area contributed by atoms with Gasteiger partial charge in [-0.05, 0) is 31.2 Å². The van der Waals surface area contributed by atoms with Crippen molar-refractivity contribution >= 4 is 17.5 Å². The van der Waals surface area contributed by atoms with E-state index in [1.54, 1.807) is 37.3 Å². The van der Waals surface area contributed by atoms with Crippen LogP contribution in [0.3, 0.4) is 0 Å². The lowest BCUT2D eigenvalue weighted by molar-refractivity contribution is -0.136. The molecule has 0 fully saturated rings. The molecule has 1 aliphatic rings. The second kappa shape index (κ2) is 7.49. The molecule has 3 N–H and O–H groups in total. The van der Waals surface area contributed by atoms with Crippen LogP contribution in [-0.4, -0.2) is 42.3 Å². The number of nitrogens with one attached hydrogen (secondary N) is 2. The molecule has 0 aliphatic carbocycles. The summed E-state index contributed by atoms with van der Waals surface area (Å²) in [6.07, 6.45) is 1.72. The molecule has 2 heterocycles. The number of aliphatic hydroxyl groups is 1. The first-order chi connectivity index (χ1) is 12.4. The number of ether oxygens (including phenoxy) is 2. The van der Waals surface area contributed by atoms with E-state index in [-0.39, 0.29) is 13.0 Å². The van der Waals surface area contributed by atoms with Gasteiger partial charge in [-0.3, -0.25) is 9.59 Å². The lowest BCUT2D eigenvalue weighted by Gasteiger charge is -2.22. The van der Waals surface area contributed by atoms with Gasteiger partial charge in [0.2, 0.25) is 0 Å². The Kier molecular flexibility index (Phi) is 5.13. The quantitative estimate of drug-likeness (QED) is 0.689. The molecule has 0 bridgehead atoms. The van der Waals surface area contributed by atoms with Gasteiger partial charge in [0, 0.05) is 24.7 Å². The number of rotatable bonds is 5. The Morgan fingerprint density at radius 1 is 1.15 bits per heavy atom. The Morgan fingerprint density at radius 3 is 2.65 bits per heavy atom. The highest BCUT2D eigenvalue weighted by Crippen LogP contribution is 2.32. The Morgan fingerprint density at radius 2 is 1.92 bits per heavy atom. The van der Waals surface area contributed by atoms with Gasteiger partial charge in [-0.1, -0.05) is 0 Å². The summed E-state index contributed by atoms with van der Waals surface area (Å²) >= 11 is 0. The summed E-state index contributed by atoms with van der Waals surface area (Å²) in [5.41, 5.74) is -0.832. The summed E-state index contributed by atoms with van der Waals surface area (Å²) in [4.78, 5) is 24.0. The van der Waals surface area contributed by atoms with Crippen LogP contribution >= 0.6 is 0 Å². The van der Waals surface area contributed by atoms with E-state index in [1.807, 2.05) is 0 Å². The van der Waals surface area contributed by atoms with Crippen LogP contribution in [0.15, 0.2) is 41.0 Å². The Hall–Kier alpha value is -3.00. The molecule has 8 heteroatoms. The van der Waals surface area contributed by atoms with Crippen LogP contribution in [0.2, 0.25) is 0 Å². The Labute approximate surface area is 150 Å². The van der Waals surface area contributed by atoms with Crippen molar-refractivity contribution in [2.45, 2.75) is 18.9 Å². The molecule has 1 aromatic carbocycles. The number of hydrogen-bond donors (Lipinski definition) is 3. The van der Waals surface area contributed by atoms with E-state index in [0.717, 1.165) is 0 Å². The number of amides is 2. The van der Waals surface area contributed by atoms with Crippen LogP contribution in [0.5, 0.6) is 11.5 Å². The smallest absolute Gasteiger partial charge is 0.313 e. The van der Waals surface area contributed by atoms with Crippen molar-refractivity contribution in [3.8, 4) is 11.5 Å². The first kappa shape index (κ1) is 17.8. The number of furan rings is 1. The maximum absolute atomic E-state index is 12.0. The molecule has 2 amide bonds. The predicted octanol–water partition coefficient (Wildman–Crippen LogP) is 1.10. The van der Waals surface area contributed by atoms with Gasteiger partial charge < -0.3 is 29.6 Å². The standard InChI is InChI=1S/C18H20N2O6/c1-18(23,10-13-3-2-6-24-13)11-19-16(21)17(22)20-12-4-5-14-15(9-12)26-8-7-25-14/h2-6,9,23H,7-8,10-11H2,1H3,(H,19,21)(H,20,22)/t18-/m1/s1. The van der Waals surface area contributed by atoms with Crippen LogP contribution in [0.25, 0.3) is 0 Å². The molecule has 26 heavy (non-hydrogen) atoms. The monoisotopic (exact) mass is 360 g/mol. The summed E-state index contributed by atoms with van der Waals surface area (Å²) in [5.74, 6) is 0.00331. The zero-order valence-electron chi connectivity index (χ0n) is 14.3. The van der Waals surface area contributed by atoms with Gasteiger partial charge in [-0.2, -0.15) is 0 Å². The van der Waals surface area contributed by atoms with Gasteiger partial charge >= 0.3 is 11.8 Å². The van der Waals surface area contributed by atoms with Crippen molar-refractivity contribution in [3.63, 3.8) is 0 Å². The van der Waals surface area contributed by atoms with Crippen molar-refractivity contribution in [3.05, 3.63) is 42.4 Å². The molecule has 0 radical (unpaired) electrons. The van der Waals surface area contributed by atoms with Crippen LogP contribution in [0, 0.1) is 0 Å². The molecule has 0 unspecified atom stereocenters. The van der Waals surface area contributed by atoms with Crippen LogP contribution in [0.4, 0.5) is 5.69 Å². The molecule has 0 spiro atoms. The molecule has 2 aromatic rings. The van der Waals surface area contributed by atoms with E-state index in [0.29, 0.717) is 36.2 Å².